The van der Waals surface area contributed by atoms with E-state index in [4.69, 9.17) is 28.9 Å². The number of amides is 1. The highest BCUT2D eigenvalue weighted by atomic mass is 35.5. The van der Waals surface area contributed by atoms with Crippen LogP contribution >= 0.6 is 23.2 Å². The van der Waals surface area contributed by atoms with Gasteiger partial charge in [0.25, 0.3) is 5.91 Å². The van der Waals surface area contributed by atoms with Gasteiger partial charge >= 0.3 is 0 Å². The number of carbonyl (C=O) groups is 1. The van der Waals surface area contributed by atoms with Gasteiger partial charge in [-0.25, -0.2) is 0 Å². The molecule has 20 heavy (non-hydrogen) atoms. The topological polar surface area (TPSA) is 51.3 Å². The third kappa shape index (κ3) is 2.92. The van der Waals surface area contributed by atoms with Gasteiger partial charge in [0.1, 0.15) is 5.69 Å². The summed E-state index contributed by atoms with van der Waals surface area (Å²) in [6.45, 7) is 0.378. The minimum Gasteiger partial charge on any atom is -0.397 e. The molecule has 0 aliphatic heterocycles. The molecule has 0 bridgehead atoms. The van der Waals surface area contributed by atoms with Gasteiger partial charge in [0.2, 0.25) is 0 Å². The zero-order chi connectivity index (χ0) is 14.9. The Hall–Kier alpha value is -1.65. The zero-order valence-corrected chi connectivity index (χ0v) is 12.7. The molecule has 0 aliphatic carbocycles. The quantitative estimate of drug-likeness (QED) is 0.946. The van der Waals surface area contributed by atoms with Crippen molar-refractivity contribution in [1.82, 2.24) is 9.47 Å². The van der Waals surface area contributed by atoms with Crippen LogP contribution in [0.25, 0.3) is 0 Å². The first-order valence-corrected chi connectivity index (χ1v) is 6.76. The molecule has 0 saturated carbocycles. The Bertz CT molecular complexity index is 652. The number of aromatic nitrogens is 1. The van der Waals surface area contributed by atoms with E-state index in [1.165, 1.54) is 0 Å². The Labute approximate surface area is 127 Å². The fourth-order valence-corrected chi connectivity index (χ4v) is 2.38. The summed E-state index contributed by atoms with van der Waals surface area (Å²) in [6, 6.07) is 7.02. The number of carbonyl (C=O) groups excluding carboxylic acids is 1. The highest BCUT2D eigenvalue weighted by Gasteiger charge is 2.17. The average Bonchev–Trinajstić information content (AvgIpc) is 2.73. The van der Waals surface area contributed by atoms with Gasteiger partial charge in [-0.1, -0.05) is 35.3 Å². The van der Waals surface area contributed by atoms with Gasteiger partial charge in [-0.3, -0.25) is 4.79 Å². The second-order valence-electron chi connectivity index (χ2n) is 4.64. The SMILES string of the molecule is CN(Cc1cccc(Cl)c1Cl)C(=O)c1cc(N)cn1C. The Morgan fingerprint density at radius 2 is 2.10 bits per heavy atom. The molecule has 2 aromatic rings. The van der Waals surface area contributed by atoms with E-state index in [0.717, 1.165) is 5.56 Å². The van der Waals surface area contributed by atoms with E-state index >= 15 is 0 Å². The fraction of sp³-hybridized carbons (Fsp3) is 0.214. The Balaban J connectivity index is 2.20. The van der Waals surface area contributed by atoms with Crippen molar-refractivity contribution in [1.29, 1.82) is 0 Å². The number of nitrogens with zero attached hydrogens (tertiary/aromatic N) is 2. The van der Waals surface area contributed by atoms with E-state index in [1.54, 1.807) is 41.9 Å². The molecule has 1 heterocycles. The number of halogens is 2. The van der Waals surface area contributed by atoms with Crippen LogP contribution in [0.1, 0.15) is 16.1 Å². The van der Waals surface area contributed by atoms with Gasteiger partial charge < -0.3 is 15.2 Å². The maximum absolute atomic E-state index is 12.4. The molecule has 4 nitrogen and oxygen atoms in total. The fourth-order valence-electron chi connectivity index (χ4n) is 2.00. The molecule has 0 atom stereocenters. The molecule has 0 saturated heterocycles. The smallest absolute Gasteiger partial charge is 0.270 e. The Kier molecular flexibility index (Phi) is 4.26. The molecule has 0 radical (unpaired) electrons. The first-order chi connectivity index (χ1) is 9.40. The van der Waals surface area contributed by atoms with Crippen LogP contribution in [-0.4, -0.2) is 22.4 Å². The highest BCUT2D eigenvalue weighted by Crippen LogP contribution is 2.26. The van der Waals surface area contributed by atoms with Crippen molar-refractivity contribution >= 4 is 34.8 Å². The zero-order valence-electron chi connectivity index (χ0n) is 11.2. The minimum atomic E-state index is -0.125. The van der Waals surface area contributed by atoms with Crippen molar-refractivity contribution in [2.75, 3.05) is 12.8 Å². The van der Waals surface area contributed by atoms with Crippen molar-refractivity contribution in [3.8, 4) is 0 Å². The molecular weight excluding hydrogens is 297 g/mol. The molecule has 2 N–H and O–H groups in total. The van der Waals surface area contributed by atoms with Crippen molar-refractivity contribution in [2.45, 2.75) is 6.54 Å². The van der Waals surface area contributed by atoms with Crippen LogP contribution in [0, 0.1) is 0 Å². The van der Waals surface area contributed by atoms with E-state index in [1.807, 2.05) is 12.1 Å². The largest absolute Gasteiger partial charge is 0.397 e. The molecule has 0 aliphatic rings. The summed E-state index contributed by atoms with van der Waals surface area (Å²) in [7, 11) is 3.49. The highest BCUT2D eigenvalue weighted by molar-refractivity contribution is 6.42. The van der Waals surface area contributed by atoms with Crippen molar-refractivity contribution in [3.05, 3.63) is 51.8 Å². The van der Waals surface area contributed by atoms with Gasteiger partial charge in [-0.15, -0.1) is 0 Å². The first kappa shape index (κ1) is 14.8. The number of benzene rings is 1. The molecule has 0 unspecified atom stereocenters. The van der Waals surface area contributed by atoms with Gasteiger partial charge in [0.05, 0.1) is 15.7 Å². The van der Waals surface area contributed by atoms with Crippen LogP contribution in [0.2, 0.25) is 10.0 Å². The maximum Gasteiger partial charge on any atom is 0.270 e. The predicted octanol–water partition coefficient (Wildman–Crippen LogP) is 3.19. The molecule has 1 aromatic carbocycles. The van der Waals surface area contributed by atoms with Crippen LogP contribution in [0.3, 0.4) is 0 Å². The normalized spacial score (nSPS) is 10.6. The van der Waals surface area contributed by atoms with E-state index in [-0.39, 0.29) is 5.91 Å². The summed E-state index contributed by atoms with van der Waals surface area (Å²) in [5.41, 5.74) is 7.58. The summed E-state index contributed by atoms with van der Waals surface area (Å²) in [4.78, 5) is 13.9. The second kappa shape index (κ2) is 5.77. The van der Waals surface area contributed by atoms with Crippen molar-refractivity contribution < 1.29 is 4.79 Å². The number of hydrogen-bond donors (Lipinski definition) is 1. The van der Waals surface area contributed by atoms with E-state index < -0.39 is 0 Å². The minimum absolute atomic E-state index is 0.125. The number of anilines is 1. The third-order valence-electron chi connectivity index (χ3n) is 3.03. The summed E-state index contributed by atoms with van der Waals surface area (Å²) in [6.07, 6.45) is 1.70. The van der Waals surface area contributed by atoms with Gasteiger partial charge in [-0.2, -0.15) is 0 Å². The van der Waals surface area contributed by atoms with Crippen molar-refractivity contribution in [2.24, 2.45) is 7.05 Å². The summed E-state index contributed by atoms with van der Waals surface area (Å²) in [5, 5.41) is 0.952. The number of nitrogens with two attached hydrogens (primary N) is 1. The summed E-state index contributed by atoms with van der Waals surface area (Å²) < 4.78 is 1.70. The van der Waals surface area contributed by atoms with Crippen molar-refractivity contribution in [3.63, 3.8) is 0 Å². The first-order valence-electron chi connectivity index (χ1n) is 6.00. The molecule has 106 valence electrons. The number of aryl methyl sites for hydroxylation is 1. The van der Waals surface area contributed by atoms with Gasteiger partial charge in [0.15, 0.2) is 0 Å². The molecule has 1 amide bonds. The lowest BCUT2D eigenvalue weighted by Gasteiger charge is -2.18. The second-order valence-corrected chi connectivity index (χ2v) is 5.43. The van der Waals surface area contributed by atoms with Crippen LogP contribution in [0.4, 0.5) is 5.69 Å². The standard InChI is InChI=1S/C14H15Cl2N3O/c1-18-8-10(17)6-12(18)14(20)19(2)7-9-4-3-5-11(15)13(9)16/h3-6,8H,7,17H2,1-2H3. The molecule has 6 heteroatoms. The molecule has 2 rings (SSSR count). The Morgan fingerprint density at radius 1 is 1.40 bits per heavy atom. The van der Waals surface area contributed by atoms with Crippen LogP contribution in [-0.2, 0) is 13.6 Å². The van der Waals surface area contributed by atoms with Crippen LogP contribution in [0.15, 0.2) is 30.5 Å². The monoisotopic (exact) mass is 311 g/mol. The van der Waals surface area contributed by atoms with Gasteiger partial charge in [-0.05, 0) is 17.7 Å². The lowest BCUT2D eigenvalue weighted by atomic mass is 10.2. The van der Waals surface area contributed by atoms with Crippen LogP contribution in [0.5, 0.6) is 0 Å². The van der Waals surface area contributed by atoms with E-state index in [2.05, 4.69) is 0 Å². The maximum atomic E-state index is 12.4. The van der Waals surface area contributed by atoms with Crippen LogP contribution < -0.4 is 5.73 Å². The molecular formula is C14H15Cl2N3O. The Morgan fingerprint density at radius 3 is 2.70 bits per heavy atom. The molecule has 0 spiro atoms. The lowest BCUT2D eigenvalue weighted by Crippen LogP contribution is -2.27. The number of hydrogen-bond acceptors (Lipinski definition) is 2. The van der Waals surface area contributed by atoms with E-state index in [9.17, 15) is 4.79 Å². The third-order valence-corrected chi connectivity index (χ3v) is 3.89. The number of rotatable bonds is 3. The predicted molar refractivity (Wildman–Crippen MR) is 82.1 cm³/mol. The summed E-state index contributed by atoms with van der Waals surface area (Å²) in [5.74, 6) is -0.125. The summed E-state index contributed by atoms with van der Waals surface area (Å²) >= 11 is 12.1. The lowest BCUT2D eigenvalue weighted by molar-refractivity contribution is 0.0775. The number of nitrogen functional groups attached to an aromatic ring is 1. The molecule has 0 fully saturated rings. The van der Waals surface area contributed by atoms with Gasteiger partial charge in [0, 0.05) is 26.8 Å². The average molecular weight is 312 g/mol. The van der Waals surface area contributed by atoms with E-state index in [0.29, 0.717) is 28.0 Å². The molecule has 1 aromatic heterocycles.